The van der Waals surface area contributed by atoms with E-state index < -0.39 is 11.6 Å². The number of benzene rings is 3. The maximum Gasteiger partial charge on any atom is 0.347 e. The molecule has 0 saturated heterocycles. The molecule has 3 aromatic carbocycles. The number of ether oxygens (including phenoxy) is 4. The zero-order valence-electron chi connectivity index (χ0n) is 22.5. The van der Waals surface area contributed by atoms with Crippen LogP contribution < -0.4 is 18.9 Å². The Morgan fingerprint density at radius 2 is 1.64 bits per heavy atom. The molecule has 0 spiro atoms. The number of carboxylic acids is 1. The first kappa shape index (κ1) is 28.9. The van der Waals surface area contributed by atoms with E-state index in [-0.39, 0.29) is 6.04 Å². The van der Waals surface area contributed by atoms with Crippen molar-refractivity contribution in [1.29, 1.82) is 0 Å². The second-order valence-corrected chi connectivity index (χ2v) is 10.7. The van der Waals surface area contributed by atoms with Crippen LogP contribution in [0.25, 0.3) is 0 Å². The largest absolute Gasteiger partial charge is 0.494 e. The van der Waals surface area contributed by atoms with E-state index in [2.05, 4.69) is 11.0 Å². The minimum absolute atomic E-state index is 0.0765. The van der Waals surface area contributed by atoms with Crippen molar-refractivity contribution < 1.29 is 28.8 Å². The smallest absolute Gasteiger partial charge is 0.347 e. The first-order chi connectivity index (χ1) is 18.6. The van der Waals surface area contributed by atoms with Gasteiger partial charge in [0.05, 0.1) is 26.9 Å². The van der Waals surface area contributed by atoms with Crippen molar-refractivity contribution in [3.05, 3.63) is 81.3 Å². The van der Waals surface area contributed by atoms with Crippen LogP contribution in [0.5, 0.6) is 23.0 Å². The summed E-state index contributed by atoms with van der Waals surface area (Å²) in [7, 11) is 3.28. The van der Waals surface area contributed by atoms with E-state index in [1.54, 1.807) is 44.6 Å². The molecule has 9 heteroatoms. The number of carbonyl (C=O) groups is 1. The minimum atomic E-state index is -1.31. The molecular weight excluding hydrogens is 541 g/mol. The van der Waals surface area contributed by atoms with Crippen LogP contribution in [0.2, 0.25) is 10.0 Å². The van der Waals surface area contributed by atoms with Gasteiger partial charge >= 0.3 is 5.97 Å². The van der Waals surface area contributed by atoms with Gasteiger partial charge in [0, 0.05) is 23.1 Å². The lowest BCUT2D eigenvalue weighted by atomic mass is 9.87. The monoisotopic (exact) mass is 573 g/mol. The molecular formula is C30H33Cl2NO6. The number of rotatable bonds is 11. The molecule has 7 nitrogen and oxygen atoms in total. The standard InChI is InChI=1S/C30H33Cl2NO6/c1-30(2,29(34)35)39-22-9-7-21(8-10-22)38-15-5-13-33-14-12-19-16-26(36-3)27(37-4)18-24(19)28(33)23-11-6-20(31)17-25(23)32/h6-11,16-18,28H,5,12-15H2,1-4H3,(H,34,35). The fourth-order valence-electron chi connectivity index (χ4n) is 4.73. The van der Waals surface area contributed by atoms with Gasteiger partial charge in [0.25, 0.3) is 0 Å². The van der Waals surface area contributed by atoms with Crippen molar-refractivity contribution >= 4 is 29.2 Å². The Morgan fingerprint density at radius 3 is 2.28 bits per heavy atom. The van der Waals surface area contributed by atoms with Crippen LogP contribution in [0.15, 0.2) is 54.6 Å². The van der Waals surface area contributed by atoms with Gasteiger partial charge in [0.15, 0.2) is 17.1 Å². The maximum absolute atomic E-state index is 11.3. The Bertz CT molecular complexity index is 1310. The van der Waals surface area contributed by atoms with Crippen molar-refractivity contribution in [2.24, 2.45) is 0 Å². The molecule has 0 aliphatic carbocycles. The fourth-order valence-corrected chi connectivity index (χ4v) is 5.24. The fraction of sp³-hybridized carbons (Fsp3) is 0.367. The summed E-state index contributed by atoms with van der Waals surface area (Å²) in [5, 5.41) is 10.5. The highest BCUT2D eigenvalue weighted by Gasteiger charge is 2.32. The molecule has 1 aliphatic rings. The quantitative estimate of drug-likeness (QED) is 0.257. The van der Waals surface area contributed by atoms with E-state index in [0.717, 1.165) is 37.1 Å². The molecule has 1 N–H and O–H groups in total. The second kappa shape index (κ2) is 12.4. The van der Waals surface area contributed by atoms with Gasteiger partial charge in [-0.2, -0.15) is 0 Å². The molecule has 1 unspecified atom stereocenters. The highest BCUT2D eigenvalue weighted by Crippen LogP contribution is 2.43. The van der Waals surface area contributed by atoms with Crippen LogP contribution in [0.4, 0.5) is 0 Å². The van der Waals surface area contributed by atoms with Crippen molar-refractivity contribution in [3.8, 4) is 23.0 Å². The number of hydrogen-bond acceptors (Lipinski definition) is 6. The van der Waals surface area contributed by atoms with E-state index in [9.17, 15) is 9.90 Å². The zero-order chi connectivity index (χ0) is 28.2. The SMILES string of the molecule is COc1cc2c(cc1OC)C(c1ccc(Cl)cc1Cl)N(CCCOc1ccc(OC(C)(C)C(=O)O)cc1)CC2. The van der Waals surface area contributed by atoms with Gasteiger partial charge in [0.1, 0.15) is 11.5 Å². The van der Waals surface area contributed by atoms with Crippen LogP contribution in [0.1, 0.15) is 43.0 Å². The summed E-state index contributed by atoms with van der Waals surface area (Å²) in [5.74, 6) is 1.52. The van der Waals surface area contributed by atoms with Gasteiger partial charge in [-0.1, -0.05) is 29.3 Å². The van der Waals surface area contributed by atoms with Gasteiger partial charge in [0.2, 0.25) is 0 Å². The van der Waals surface area contributed by atoms with Gasteiger partial charge in [-0.3, -0.25) is 4.90 Å². The molecule has 0 saturated carbocycles. The third kappa shape index (κ3) is 6.72. The number of fused-ring (bicyclic) bond motifs is 1. The molecule has 0 radical (unpaired) electrons. The van der Waals surface area contributed by atoms with E-state index >= 15 is 0 Å². The molecule has 4 rings (SSSR count). The minimum Gasteiger partial charge on any atom is -0.494 e. The van der Waals surface area contributed by atoms with Crippen molar-refractivity contribution in [2.75, 3.05) is 33.9 Å². The molecule has 1 aliphatic heterocycles. The van der Waals surface area contributed by atoms with Crippen LogP contribution >= 0.6 is 23.2 Å². The van der Waals surface area contributed by atoms with Crippen molar-refractivity contribution in [1.82, 2.24) is 4.90 Å². The summed E-state index contributed by atoms with van der Waals surface area (Å²) in [6, 6.07) is 16.6. The Kier molecular flexibility index (Phi) is 9.15. The van der Waals surface area contributed by atoms with Crippen molar-refractivity contribution in [2.45, 2.75) is 38.3 Å². The van der Waals surface area contributed by atoms with Crippen molar-refractivity contribution in [3.63, 3.8) is 0 Å². The lowest BCUT2D eigenvalue weighted by molar-refractivity contribution is -0.152. The summed E-state index contributed by atoms with van der Waals surface area (Å²) in [5.41, 5.74) is 2.00. The molecule has 208 valence electrons. The number of nitrogens with zero attached hydrogens (tertiary/aromatic N) is 1. The summed E-state index contributed by atoms with van der Waals surface area (Å²) in [6.07, 6.45) is 1.65. The first-order valence-corrected chi connectivity index (χ1v) is 13.5. The Balaban J connectivity index is 1.47. The number of aliphatic carboxylic acids is 1. The van der Waals surface area contributed by atoms with Gasteiger partial charge in [-0.15, -0.1) is 0 Å². The molecule has 3 aromatic rings. The third-order valence-corrected chi connectivity index (χ3v) is 7.36. The number of halogens is 2. The first-order valence-electron chi connectivity index (χ1n) is 12.7. The third-order valence-electron chi connectivity index (χ3n) is 6.80. The molecule has 39 heavy (non-hydrogen) atoms. The lowest BCUT2D eigenvalue weighted by Gasteiger charge is -2.38. The lowest BCUT2D eigenvalue weighted by Crippen LogP contribution is -2.37. The number of carboxylic acid groups (broad SMARTS) is 1. The van der Waals surface area contributed by atoms with E-state index in [4.69, 9.17) is 42.1 Å². The van der Waals surface area contributed by atoms with Gasteiger partial charge < -0.3 is 24.1 Å². The average Bonchev–Trinajstić information content (AvgIpc) is 2.91. The Hall–Kier alpha value is -3.13. The predicted octanol–water partition coefficient (Wildman–Crippen LogP) is 6.67. The molecule has 0 bridgehead atoms. The zero-order valence-corrected chi connectivity index (χ0v) is 24.0. The van der Waals surface area contributed by atoms with E-state index in [1.165, 1.54) is 19.4 Å². The molecule has 0 aromatic heterocycles. The van der Waals surface area contributed by atoms with E-state index in [0.29, 0.717) is 39.7 Å². The maximum atomic E-state index is 11.3. The summed E-state index contributed by atoms with van der Waals surface area (Å²) in [4.78, 5) is 13.7. The number of methoxy groups -OCH3 is 2. The van der Waals surface area contributed by atoms with Crippen LogP contribution in [0, 0.1) is 0 Å². The predicted molar refractivity (Wildman–Crippen MR) is 152 cm³/mol. The normalized spacial score (nSPS) is 15.4. The summed E-state index contributed by atoms with van der Waals surface area (Å²) < 4.78 is 22.7. The number of hydrogen-bond donors (Lipinski definition) is 1. The highest BCUT2D eigenvalue weighted by molar-refractivity contribution is 6.35. The molecule has 0 amide bonds. The van der Waals surface area contributed by atoms with Crippen LogP contribution in [0.3, 0.4) is 0 Å². The van der Waals surface area contributed by atoms with E-state index in [1.807, 2.05) is 18.2 Å². The topological polar surface area (TPSA) is 77.5 Å². The Labute approximate surface area is 239 Å². The van der Waals surface area contributed by atoms with Gasteiger partial charge in [-0.05, 0) is 91.9 Å². The molecule has 1 atom stereocenters. The average molecular weight is 575 g/mol. The summed E-state index contributed by atoms with van der Waals surface area (Å²) in [6.45, 7) is 5.16. The summed E-state index contributed by atoms with van der Waals surface area (Å²) >= 11 is 12.9. The molecule has 1 heterocycles. The Morgan fingerprint density at radius 1 is 0.974 bits per heavy atom. The van der Waals surface area contributed by atoms with Crippen LogP contribution in [-0.4, -0.2) is 55.5 Å². The highest BCUT2D eigenvalue weighted by atomic mass is 35.5. The molecule has 0 fully saturated rings. The van der Waals surface area contributed by atoms with Gasteiger partial charge in [-0.25, -0.2) is 4.79 Å². The second-order valence-electron chi connectivity index (χ2n) is 9.85. The van der Waals surface area contributed by atoms with Crippen LogP contribution in [-0.2, 0) is 11.2 Å².